The van der Waals surface area contributed by atoms with Gasteiger partial charge >= 0.3 is 0 Å². The summed E-state index contributed by atoms with van der Waals surface area (Å²) in [5.41, 5.74) is 2.31. The number of nitrogens with one attached hydrogen (secondary N) is 2. The fourth-order valence-corrected chi connectivity index (χ4v) is 4.03. The van der Waals surface area contributed by atoms with Gasteiger partial charge in [0.05, 0.1) is 17.7 Å². The van der Waals surface area contributed by atoms with Crippen molar-refractivity contribution in [2.24, 2.45) is 0 Å². The van der Waals surface area contributed by atoms with Crippen LogP contribution in [0.5, 0.6) is 5.75 Å². The highest BCUT2D eigenvalue weighted by Gasteiger charge is 2.16. The summed E-state index contributed by atoms with van der Waals surface area (Å²) in [6, 6.07) is 17.3. The monoisotopic (exact) mass is 438 g/mol. The lowest BCUT2D eigenvalue weighted by Crippen LogP contribution is -2.15. The minimum atomic E-state index is -3.79. The number of benzene rings is 3. The molecule has 160 valence electrons. The predicted octanol–water partition coefficient (Wildman–Crippen LogP) is 4.26. The van der Waals surface area contributed by atoms with Gasteiger partial charge in [-0.3, -0.25) is 14.3 Å². The Bertz CT molecular complexity index is 1240. The zero-order chi connectivity index (χ0) is 22.6. The second kappa shape index (κ2) is 9.01. The molecule has 0 bridgehead atoms. The van der Waals surface area contributed by atoms with E-state index in [1.54, 1.807) is 49.4 Å². The van der Waals surface area contributed by atoms with Crippen molar-refractivity contribution in [1.29, 1.82) is 0 Å². The molecule has 0 aliphatic carbocycles. The van der Waals surface area contributed by atoms with Crippen molar-refractivity contribution in [3.05, 3.63) is 83.4 Å². The van der Waals surface area contributed by atoms with Crippen molar-refractivity contribution in [2.75, 3.05) is 17.1 Å². The van der Waals surface area contributed by atoms with Crippen molar-refractivity contribution < 1.29 is 22.7 Å². The lowest BCUT2D eigenvalue weighted by atomic mass is 10.1. The second-order valence-electron chi connectivity index (χ2n) is 6.90. The van der Waals surface area contributed by atoms with Crippen molar-refractivity contribution in [3.8, 4) is 5.75 Å². The van der Waals surface area contributed by atoms with Gasteiger partial charge in [-0.15, -0.1) is 0 Å². The molecule has 0 aliphatic heterocycles. The Morgan fingerprint density at radius 3 is 2.23 bits per heavy atom. The van der Waals surface area contributed by atoms with Gasteiger partial charge in [0.15, 0.2) is 5.78 Å². The van der Waals surface area contributed by atoms with Gasteiger partial charge in [-0.2, -0.15) is 0 Å². The average Bonchev–Trinajstić information content (AvgIpc) is 2.75. The Hall–Kier alpha value is -3.65. The molecule has 0 fully saturated rings. The number of anilines is 2. The van der Waals surface area contributed by atoms with Crippen LogP contribution in [-0.2, 0) is 10.0 Å². The number of amides is 1. The summed E-state index contributed by atoms with van der Waals surface area (Å²) in [6.07, 6.45) is 0. The molecular formula is C23H22N2O5S. The lowest BCUT2D eigenvalue weighted by molar-refractivity contribution is 0.101. The number of rotatable bonds is 7. The Morgan fingerprint density at radius 1 is 0.903 bits per heavy atom. The van der Waals surface area contributed by atoms with Gasteiger partial charge in [-0.05, 0) is 74.0 Å². The molecule has 0 radical (unpaired) electrons. The molecule has 0 spiro atoms. The van der Waals surface area contributed by atoms with Gasteiger partial charge in [0, 0.05) is 16.8 Å². The summed E-state index contributed by atoms with van der Waals surface area (Å²) in [5, 5.41) is 2.74. The molecule has 1 amide bonds. The first-order valence-corrected chi connectivity index (χ1v) is 10.9. The summed E-state index contributed by atoms with van der Waals surface area (Å²) in [7, 11) is -2.29. The van der Waals surface area contributed by atoms with Crippen molar-refractivity contribution in [3.63, 3.8) is 0 Å². The SMILES string of the molecule is COc1ccc(S(=O)(=O)Nc2ccc(C(=O)Nc3cccc(C(C)=O)c3)cc2C)cc1. The number of hydrogen-bond acceptors (Lipinski definition) is 5. The van der Waals surface area contributed by atoms with Crippen LogP contribution in [0.1, 0.15) is 33.2 Å². The van der Waals surface area contributed by atoms with E-state index < -0.39 is 10.0 Å². The first-order chi connectivity index (χ1) is 14.7. The van der Waals surface area contributed by atoms with E-state index in [9.17, 15) is 18.0 Å². The number of carbonyl (C=O) groups excluding carboxylic acids is 2. The molecule has 0 aromatic heterocycles. The van der Waals surface area contributed by atoms with Gasteiger partial charge in [-0.1, -0.05) is 12.1 Å². The zero-order valence-corrected chi connectivity index (χ0v) is 18.1. The summed E-state index contributed by atoms with van der Waals surface area (Å²) in [4.78, 5) is 24.2. The smallest absolute Gasteiger partial charge is 0.261 e. The number of hydrogen-bond donors (Lipinski definition) is 2. The van der Waals surface area contributed by atoms with Gasteiger partial charge in [0.25, 0.3) is 15.9 Å². The standard InChI is InChI=1S/C23H22N2O5S/c1-15-13-18(23(27)24-19-6-4-5-17(14-19)16(2)26)7-12-22(15)25-31(28,29)21-10-8-20(30-3)9-11-21/h4-14,25H,1-3H3,(H,24,27). The first kappa shape index (κ1) is 22.0. The number of Topliss-reactive ketones (excluding diaryl/α,β-unsaturated/α-hetero) is 1. The van der Waals surface area contributed by atoms with Crippen LogP contribution in [0.25, 0.3) is 0 Å². The van der Waals surface area contributed by atoms with E-state index in [0.717, 1.165) is 0 Å². The Morgan fingerprint density at radius 2 is 1.61 bits per heavy atom. The Labute approximate surface area is 181 Å². The summed E-state index contributed by atoms with van der Waals surface area (Å²) in [6.45, 7) is 3.16. The van der Waals surface area contributed by atoms with Gasteiger partial charge < -0.3 is 10.1 Å². The number of methoxy groups -OCH3 is 1. The minimum absolute atomic E-state index is 0.0968. The van der Waals surface area contributed by atoms with E-state index in [2.05, 4.69) is 10.0 Å². The minimum Gasteiger partial charge on any atom is -0.497 e. The Balaban J connectivity index is 1.76. The highest BCUT2D eigenvalue weighted by atomic mass is 32.2. The van der Waals surface area contributed by atoms with Gasteiger partial charge in [-0.25, -0.2) is 8.42 Å². The number of carbonyl (C=O) groups is 2. The van der Waals surface area contributed by atoms with Crippen molar-refractivity contribution in [1.82, 2.24) is 0 Å². The third-order valence-electron chi connectivity index (χ3n) is 4.63. The van der Waals surface area contributed by atoms with Crippen molar-refractivity contribution in [2.45, 2.75) is 18.7 Å². The maximum atomic E-state index is 12.6. The van der Waals surface area contributed by atoms with Crippen LogP contribution >= 0.6 is 0 Å². The molecule has 0 heterocycles. The zero-order valence-electron chi connectivity index (χ0n) is 17.3. The van der Waals surface area contributed by atoms with E-state index in [4.69, 9.17) is 4.74 Å². The fourth-order valence-electron chi connectivity index (χ4n) is 2.90. The third kappa shape index (κ3) is 5.29. The van der Waals surface area contributed by atoms with E-state index in [0.29, 0.717) is 33.8 Å². The molecular weight excluding hydrogens is 416 g/mol. The molecule has 2 N–H and O–H groups in total. The molecule has 0 saturated heterocycles. The third-order valence-corrected chi connectivity index (χ3v) is 6.01. The summed E-state index contributed by atoms with van der Waals surface area (Å²) >= 11 is 0. The van der Waals surface area contributed by atoms with Gasteiger partial charge in [0.2, 0.25) is 0 Å². The highest BCUT2D eigenvalue weighted by molar-refractivity contribution is 7.92. The quantitative estimate of drug-likeness (QED) is 0.537. The molecule has 3 rings (SSSR count). The highest BCUT2D eigenvalue weighted by Crippen LogP contribution is 2.23. The topological polar surface area (TPSA) is 102 Å². The molecule has 0 atom stereocenters. The van der Waals surface area contributed by atoms with Crippen LogP contribution in [0.2, 0.25) is 0 Å². The molecule has 31 heavy (non-hydrogen) atoms. The number of aryl methyl sites for hydroxylation is 1. The van der Waals surface area contributed by atoms with E-state index in [1.807, 2.05) is 0 Å². The van der Waals surface area contributed by atoms with E-state index >= 15 is 0 Å². The second-order valence-corrected chi connectivity index (χ2v) is 8.58. The molecule has 3 aromatic carbocycles. The van der Waals surface area contributed by atoms with Crippen molar-refractivity contribution >= 4 is 33.1 Å². The first-order valence-electron chi connectivity index (χ1n) is 9.39. The largest absolute Gasteiger partial charge is 0.497 e. The average molecular weight is 439 g/mol. The molecule has 7 nitrogen and oxygen atoms in total. The molecule has 3 aromatic rings. The van der Waals surface area contributed by atoms with Gasteiger partial charge in [0.1, 0.15) is 5.75 Å². The molecule has 8 heteroatoms. The summed E-state index contributed by atoms with van der Waals surface area (Å²) in [5.74, 6) is 0.0909. The van der Waals surface area contributed by atoms with Crippen LogP contribution < -0.4 is 14.8 Å². The fraction of sp³-hybridized carbons (Fsp3) is 0.130. The van der Waals surface area contributed by atoms with Crippen LogP contribution in [0, 0.1) is 6.92 Å². The number of ether oxygens (including phenoxy) is 1. The van der Waals surface area contributed by atoms with Crippen LogP contribution in [0.15, 0.2) is 71.6 Å². The molecule has 0 saturated carbocycles. The van der Waals surface area contributed by atoms with E-state index in [-0.39, 0.29) is 16.6 Å². The van der Waals surface area contributed by atoms with Crippen LogP contribution in [0.4, 0.5) is 11.4 Å². The number of ketones is 1. The number of sulfonamides is 1. The summed E-state index contributed by atoms with van der Waals surface area (Å²) < 4.78 is 32.9. The molecule has 0 aliphatic rings. The maximum absolute atomic E-state index is 12.6. The Kier molecular flexibility index (Phi) is 6.41. The lowest BCUT2D eigenvalue weighted by Gasteiger charge is -2.13. The molecule has 0 unspecified atom stereocenters. The maximum Gasteiger partial charge on any atom is 0.261 e. The van der Waals surface area contributed by atoms with Crippen LogP contribution in [0.3, 0.4) is 0 Å². The predicted molar refractivity (Wildman–Crippen MR) is 119 cm³/mol. The van der Waals surface area contributed by atoms with Crippen LogP contribution in [-0.4, -0.2) is 27.2 Å². The van der Waals surface area contributed by atoms with E-state index in [1.165, 1.54) is 38.3 Å². The normalized spacial score (nSPS) is 10.9.